The maximum absolute atomic E-state index is 12.7. The third kappa shape index (κ3) is 4.90. The van der Waals surface area contributed by atoms with Gasteiger partial charge in [0.25, 0.3) is 0 Å². The Labute approximate surface area is 150 Å². The summed E-state index contributed by atoms with van der Waals surface area (Å²) in [4.78, 5) is 6.17. The fraction of sp³-hybridized carbons (Fsp3) is 0.500. The highest BCUT2D eigenvalue weighted by Crippen LogP contribution is 2.19. The largest absolute Gasteiger partial charge is 0.395 e. The molecule has 138 valence electrons. The lowest BCUT2D eigenvalue weighted by Crippen LogP contribution is -2.25. The second kappa shape index (κ2) is 8.60. The molecule has 1 N–H and O–H groups in total. The molecule has 0 aliphatic carbocycles. The van der Waals surface area contributed by atoms with Gasteiger partial charge < -0.3 is 9.67 Å². The number of likely N-dealkylation sites (N-methyl/N-ethyl adjacent to an activating group) is 1. The molecule has 0 aliphatic rings. The van der Waals surface area contributed by atoms with Crippen LogP contribution >= 0.6 is 0 Å². The Morgan fingerprint density at radius 1 is 1.24 bits per heavy atom. The second-order valence-electron chi connectivity index (χ2n) is 6.47. The number of aliphatic hydroxyl groups excluding tert-OH is 1. The summed E-state index contributed by atoms with van der Waals surface area (Å²) in [6.45, 7) is 5.01. The van der Waals surface area contributed by atoms with Crippen LogP contribution in [-0.4, -0.2) is 53.4 Å². The number of hydrogen-bond donors (Lipinski definition) is 1. The van der Waals surface area contributed by atoms with Gasteiger partial charge in [-0.3, -0.25) is 4.90 Å². The molecule has 0 radical (unpaired) electrons. The summed E-state index contributed by atoms with van der Waals surface area (Å²) in [5.41, 5.74) is 1.99. The van der Waals surface area contributed by atoms with Crippen LogP contribution in [0.3, 0.4) is 0 Å². The van der Waals surface area contributed by atoms with Crippen LogP contribution in [0.2, 0.25) is 0 Å². The molecule has 0 fully saturated rings. The molecule has 25 heavy (non-hydrogen) atoms. The van der Waals surface area contributed by atoms with E-state index in [4.69, 9.17) is 5.11 Å². The van der Waals surface area contributed by atoms with E-state index in [2.05, 4.69) is 4.98 Å². The molecule has 7 heteroatoms. The number of benzene rings is 1. The zero-order valence-electron chi connectivity index (χ0n) is 15.1. The molecule has 2 aromatic rings. The quantitative estimate of drug-likeness (QED) is 0.732. The lowest BCUT2D eigenvalue weighted by Gasteiger charge is -2.18. The van der Waals surface area contributed by atoms with Crippen LogP contribution in [0.5, 0.6) is 0 Å². The number of aryl methyl sites for hydroxylation is 1. The molecular weight excluding hydrogens is 338 g/mol. The van der Waals surface area contributed by atoms with Gasteiger partial charge in [0, 0.05) is 19.6 Å². The minimum absolute atomic E-state index is 0.0613. The lowest BCUT2D eigenvalue weighted by molar-refractivity contribution is 0.214. The van der Waals surface area contributed by atoms with E-state index in [1.165, 1.54) is 0 Å². The van der Waals surface area contributed by atoms with Crippen molar-refractivity contribution >= 4 is 9.84 Å². The van der Waals surface area contributed by atoms with Crippen LogP contribution in [0.25, 0.3) is 0 Å². The lowest BCUT2D eigenvalue weighted by atomic mass is 10.1. The monoisotopic (exact) mass is 365 g/mol. The van der Waals surface area contributed by atoms with Gasteiger partial charge in [-0.1, -0.05) is 30.3 Å². The summed E-state index contributed by atoms with van der Waals surface area (Å²) in [5, 5.41) is 8.69. The van der Waals surface area contributed by atoms with Crippen molar-refractivity contribution in [2.45, 2.75) is 43.8 Å². The summed E-state index contributed by atoms with van der Waals surface area (Å²) in [5.74, 6) is 0. The summed E-state index contributed by atoms with van der Waals surface area (Å²) in [6, 6.07) is 9.98. The second-order valence-corrected chi connectivity index (χ2v) is 8.87. The van der Waals surface area contributed by atoms with Crippen LogP contribution in [0.4, 0.5) is 0 Å². The van der Waals surface area contributed by atoms with Crippen molar-refractivity contribution in [3.63, 3.8) is 0 Å². The smallest absolute Gasteiger partial charge is 0.228 e. The van der Waals surface area contributed by atoms with E-state index >= 15 is 0 Å². The van der Waals surface area contributed by atoms with Crippen molar-refractivity contribution in [1.82, 2.24) is 14.5 Å². The highest BCUT2D eigenvalue weighted by Gasteiger charge is 2.26. The van der Waals surface area contributed by atoms with Crippen molar-refractivity contribution in [2.24, 2.45) is 0 Å². The van der Waals surface area contributed by atoms with Crippen molar-refractivity contribution in [2.75, 3.05) is 20.2 Å². The van der Waals surface area contributed by atoms with Gasteiger partial charge in [0.1, 0.15) is 0 Å². The first-order valence-corrected chi connectivity index (χ1v) is 10.0. The third-order valence-electron chi connectivity index (χ3n) is 4.16. The molecule has 0 amide bonds. The van der Waals surface area contributed by atoms with Crippen molar-refractivity contribution < 1.29 is 13.5 Å². The van der Waals surface area contributed by atoms with Crippen molar-refractivity contribution in [3.8, 4) is 0 Å². The highest BCUT2D eigenvalue weighted by molar-refractivity contribution is 7.91. The average Bonchev–Trinajstić information content (AvgIpc) is 2.97. The molecule has 0 saturated heterocycles. The van der Waals surface area contributed by atoms with E-state index in [0.717, 1.165) is 17.7 Å². The number of sulfone groups is 1. The minimum atomic E-state index is -3.46. The summed E-state index contributed by atoms with van der Waals surface area (Å²) >= 11 is 0. The normalized spacial score (nSPS) is 12.2. The Hall–Kier alpha value is -1.70. The van der Waals surface area contributed by atoms with Gasteiger partial charge in [-0.25, -0.2) is 13.4 Å². The fourth-order valence-corrected chi connectivity index (χ4v) is 3.74. The Morgan fingerprint density at radius 2 is 1.92 bits per heavy atom. The standard InChI is InChI=1S/C18H27N3O3S/c1-15(2)25(23,24)18-19-13-17(14-20(3)11-12-22)21(18)10-9-16-7-5-4-6-8-16/h4-8,13,15,22H,9-12,14H2,1-3H3. The van der Waals surface area contributed by atoms with Gasteiger partial charge in [-0.15, -0.1) is 0 Å². The van der Waals surface area contributed by atoms with Crippen molar-refractivity contribution in [3.05, 3.63) is 47.8 Å². The Bertz CT molecular complexity index is 770. The molecule has 1 heterocycles. The number of aromatic nitrogens is 2. The summed E-state index contributed by atoms with van der Waals surface area (Å²) in [6.07, 6.45) is 2.36. The molecule has 2 rings (SSSR count). The fourth-order valence-electron chi connectivity index (χ4n) is 2.61. The summed E-state index contributed by atoms with van der Waals surface area (Å²) < 4.78 is 27.1. The maximum Gasteiger partial charge on any atom is 0.228 e. The Balaban J connectivity index is 2.32. The zero-order valence-corrected chi connectivity index (χ0v) is 15.9. The number of aliphatic hydroxyl groups is 1. The van der Waals surface area contributed by atoms with Gasteiger partial charge in [0.05, 0.1) is 23.7 Å². The molecule has 0 unspecified atom stereocenters. The first-order valence-electron chi connectivity index (χ1n) is 8.48. The van der Waals surface area contributed by atoms with Gasteiger partial charge in [-0.05, 0) is 32.9 Å². The van der Waals surface area contributed by atoms with Crippen LogP contribution < -0.4 is 0 Å². The van der Waals surface area contributed by atoms with E-state index in [9.17, 15) is 8.42 Å². The number of rotatable bonds is 9. The molecule has 0 atom stereocenters. The maximum atomic E-state index is 12.7. The van der Waals surface area contributed by atoms with E-state index in [0.29, 0.717) is 19.6 Å². The molecule has 1 aromatic carbocycles. The predicted octanol–water partition coefficient (Wildman–Crippen LogP) is 1.73. The zero-order chi connectivity index (χ0) is 18.4. The van der Waals surface area contributed by atoms with Crippen LogP contribution in [-0.2, 0) is 29.3 Å². The van der Waals surface area contributed by atoms with E-state index in [-0.39, 0.29) is 11.8 Å². The van der Waals surface area contributed by atoms with Gasteiger partial charge in [0.15, 0.2) is 0 Å². The van der Waals surface area contributed by atoms with E-state index in [1.54, 1.807) is 24.6 Å². The molecule has 0 spiro atoms. The first-order chi connectivity index (χ1) is 11.9. The molecule has 6 nitrogen and oxygen atoms in total. The number of imidazole rings is 1. The SMILES string of the molecule is CC(C)S(=O)(=O)c1ncc(CN(C)CCO)n1CCc1ccccc1. The molecule has 0 aliphatic heterocycles. The van der Waals surface area contributed by atoms with Gasteiger partial charge >= 0.3 is 0 Å². The molecule has 1 aromatic heterocycles. The number of hydrogen-bond acceptors (Lipinski definition) is 5. The van der Waals surface area contributed by atoms with Crippen molar-refractivity contribution in [1.29, 1.82) is 0 Å². The van der Waals surface area contributed by atoms with Gasteiger partial charge in [0.2, 0.25) is 15.0 Å². The van der Waals surface area contributed by atoms with Crippen LogP contribution in [0, 0.1) is 0 Å². The van der Waals surface area contributed by atoms with E-state index < -0.39 is 15.1 Å². The first kappa shape index (κ1) is 19.6. The van der Waals surface area contributed by atoms with E-state index in [1.807, 2.05) is 42.3 Å². The molecule has 0 bridgehead atoms. The Kier molecular flexibility index (Phi) is 6.75. The average molecular weight is 365 g/mol. The molecular formula is C18H27N3O3S. The Morgan fingerprint density at radius 3 is 2.52 bits per heavy atom. The highest BCUT2D eigenvalue weighted by atomic mass is 32.2. The third-order valence-corrected chi connectivity index (χ3v) is 6.23. The predicted molar refractivity (Wildman–Crippen MR) is 98.1 cm³/mol. The van der Waals surface area contributed by atoms with Gasteiger partial charge in [-0.2, -0.15) is 0 Å². The summed E-state index contributed by atoms with van der Waals surface area (Å²) in [7, 11) is -1.56. The van der Waals surface area contributed by atoms with Crippen LogP contribution in [0.1, 0.15) is 25.1 Å². The topological polar surface area (TPSA) is 75.4 Å². The molecule has 0 saturated carbocycles. The minimum Gasteiger partial charge on any atom is -0.395 e. The number of nitrogens with zero attached hydrogens (tertiary/aromatic N) is 3. The van der Waals surface area contributed by atoms with Crippen LogP contribution in [0.15, 0.2) is 41.7 Å².